The summed E-state index contributed by atoms with van der Waals surface area (Å²) in [5.41, 5.74) is 0.262. The molecule has 5 atom stereocenters. The fourth-order valence-electron chi connectivity index (χ4n) is 8.47. The Kier molecular flexibility index (Phi) is 12.2. The van der Waals surface area contributed by atoms with Crippen LogP contribution in [0, 0.1) is 22.7 Å². The number of carbonyl (C=O) groups excluding carboxylic acids is 4. The van der Waals surface area contributed by atoms with E-state index in [-0.39, 0.29) is 62.4 Å². The van der Waals surface area contributed by atoms with Crippen LogP contribution in [0.25, 0.3) is 33.5 Å². The number of esters is 1. The van der Waals surface area contributed by atoms with E-state index >= 15 is 4.79 Å². The third kappa shape index (κ3) is 9.14. The highest BCUT2D eigenvalue weighted by molar-refractivity contribution is 7.90. The zero-order valence-electron chi connectivity index (χ0n) is 36.8. The van der Waals surface area contributed by atoms with Gasteiger partial charge in [0, 0.05) is 41.5 Å². The molecule has 3 aromatic heterocycles. The van der Waals surface area contributed by atoms with Crippen LogP contribution in [0.15, 0.2) is 71.0 Å². The second kappa shape index (κ2) is 17.4. The minimum absolute atomic E-state index is 0.0154. The number of rotatable bonds is 17. The van der Waals surface area contributed by atoms with Gasteiger partial charge in [0.15, 0.2) is 17.3 Å². The summed E-state index contributed by atoms with van der Waals surface area (Å²) in [4.78, 5) is 72.0. The summed E-state index contributed by atoms with van der Waals surface area (Å²) < 4.78 is 52.1. The van der Waals surface area contributed by atoms with Crippen molar-refractivity contribution in [1.82, 2.24) is 24.6 Å². The number of ether oxygens (including phenoxy) is 3. The van der Waals surface area contributed by atoms with Crippen LogP contribution in [0.4, 0.5) is 0 Å². The topological polar surface area (TPSA) is 197 Å². The van der Waals surface area contributed by atoms with Crippen molar-refractivity contribution >= 4 is 67.0 Å². The number of sulfonamides is 1. The molecule has 0 bridgehead atoms. The maximum absolute atomic E-state index is 15.1. The summed E-state index contributed by atoms with van der Waals surface area (Å²) in [6.07, 6.45) is 1.87. The Hall–Kier alpha value is -5.68. The van der Waals surface area contributed by atoms with Crippen molar-refractivity contribution in [1.29, 1.82) is 0 Å². The van der Waals surface area contributed by atoms with E-state index in [1.54, 1.807) is 18.4 Å². The maximum atomic E-state index is 15.1. The van der Waals surface area contributed by atoms with Gasteiger partial charge in [-0.3, -0.25) is 19.1 Å². The van der Waals surface area contributed by atoms with E-state index in [4.69, 9.17) is 28.6 Å². The molecule has 64 heavy (non-hydrogen) atoms. The highest BCUT2D eigenvalue weighted by atomic mass is 32.2. The lowest BCUT2D eigenvalue weighted by Gasteiger charge is -2.35. The summed E-state index contributed by atoms with van der Waals surface area (Å²) in [6.45, 7) is 15.4. The minimum Gasteiger partial charge on any atom is -0.491 e. The number of allylic oxidation sites excluding steroid dienone is 1. The van der Waals surface area contributed by atoms with Crippen molar-refractivity contribution in [3.8, 4) is 23.0 Å². The fraction of sp³-hybridized carbons (Fsp3) is 0.468. The van der Waals surface area contributed by atoms with Crippen LogP contribution >= 0.6 is 11.3 Å². The predicted molar refractivity (Wildman–Crippen MR) is 240 cm³/mol. The minimum atomic E-state index is -3.90. The first-order valence-electron chi connectivity index (χ1n) is 21.7. The summed E-state index contributed by atoms with van der Waals surface area (Å²) in [5, 5.41) is 2.27. The number of para-hydroxylation sites is 1. The van der Waals surface area contributed by atoms with Crippen molar-refractivity contribution in [2.45, 2.75) is 104 Å². The summed E-state index contributed by atoms with van der Waals surface area (Å²) >= 11 is 1.25. The van der Waals surface area contributed by atoms with Crippen molar-refractivity contribution < 1.29 is 46.2 Å². The van der Waals surface area contributed by atoms with E-state index in [2.05, 4.69) is 16.3 Å². The SMILES string of the molecule is C=C[C@@H]1C[C@]1(CC(=O)[C@@H]1C[C@@H](Oc2nc(-c3ccc(OC(C)C)cc3)nc3c2oc2ccccc23)CN1C(=O)[C@@H](Cc1nc(C(=O)OCC)cs1)C(C)(C)C)C(=O)NS(=O)(=O)C1CC1. The van der Waals surface area contributed by atoms with Gasteiger partial charge in [0.2, 0.25) is 27.4 Å². The first-order chi connectivity index (χ1) is 30.4. The van der Waals surface area contributed by atoms with Crippen molar-refractivity contribution in [2.75, 3.05) is 13.2 Å². The van der Waals surface area contributed by atoms with Crippen LogP contribution in [-0.4, -0.2) is 88.5 Å². The number of carbonyl (C=O) groups is 4. The van der Waals surface area contributed by atoms with Gasteiger partial charge < -0.3 is 23.5 Å². The Morgan fingerprint density at radius 2 is 1.80 bits per heavy atom. The number of nitrogens with zero attached hydrogens (tertiary/aromatic N) is 4. The van der Waals surface area contributed by atoms with E-state index in [1.807, 2.05) is 83.1 Å². The number of nitrogens with one attached hydrogen (secondary N) is 1. The van der Waals surface area contributed by atoms with Gasteiger partial charge in [-0.05, 0) is 87.8 Å². The molecule has 3 fully saturated rings. The van der Waals surface area contributed by atoms with E-state index in [9.17, 15) is 22.8 Å². The van der Waals surface area contributed by atoms with Gasteiger partial charge >= 0.3 is 5.97 Å². The Balaban J connectivity index is 1.14. The molecule has 17 heteroatoms. The van der Waals surface area contributed by atoms with Gasteiger partial charge in [0.05, 0.1) is 41.0 Å². The number of aromatic nitrogens is 3. The predicted octanol–water partition coefficient (Wildman–Crippen LogP) is 7.48. The normalized spacial score (nSPS) is 21.5. The van der Waals surface area contributed by atoms with Crippen LogP contribution in [0.2, 0.25) is 0 Å². The quantitative estimate of drug-likeness (QED) is 0.0713. The van der Waals surface area contributed by atoms with Gasteiger partial charge in [-0.2, -0.15) is 4.98 Å². The molecule has 8 rings (SSSR count). The number of furan rings is 1. The lowest BCUT2D eigenvalue weighted by atomic mass is 9.77. The average molecular weight is 912 g/mol. The standard InChI is InChI=1S/C47H53N5O10S2/c1-8-28-22-47(28,45(56)51-64(57,58)31-18-19-31)23-36(53)35-20-30(24-52(35)43(54)33(46(5,6)7)21-38-48-34(25-63-38)44(55)59-9-2)61-42-40-39(32-12-10-11-13-37(32)62-40)49-41(50-42)27-14-16-29(17-15-27)60-26(3)4/h8,10-17,25-26,28,30-31,33,35H,1,9,18-24H2,2-7H3,(H,51,56)/t28-,30-,33-,35+,47-/m1/s1. The second-order valence-electron chi connectivity index (χ2n) is 18.3. The molecular weight excluding hydrogens is 859 g/mol. The van der Waals surface area contributed by atoms with Gasteiger partial charge in [-0.15, -0.1) is 17.9 Å². The first-order valence-corrected chi connectivity index (χ1v) is 24.1. The molecule has 2 aliphatic carbocycles. The summed E-state index contributed by atoms with van der Waals surface area (Å²) in [7, 11) is -3.90. The largest absolute Gasteiger partial charge is 0.491 e. The van der Waals surface area contributed by atoms with Crippen LogP contribution in [0.5, 0.6) is 11.6 Å². The zero-order chi connectivity index (χ0) is 45.7. The van der Waals surface area contributed by atoms with Crippen molar-refractivity contribution in [3.63, 3.8) is 0 Å². The molecule has 2 saturated carbocycles. The smallest absolute Gasteiger partial charge is 0.357 e. The number of ketones is 1. The molecule has 2 amide bonds. The Bertz CT molecular complexity index is 2740. The molecule has 1 N–H and O–H groups in total. The molecule has 3 aliphatic rings. The molecule has 0 radical (unpaired) electrons. The number of hydrogen-bond donors (Lipinski definition) is 1. The molecule has 1 saturated heterocycles. The average Bonchev–Trinajstić information content (AvgIpc) is 4.08. The number of benzene rings is 2. The highest BCUT2D eigenvalue weighted by Gasteiger charge is 2.61. The third-order valence-electron chi connectivity index (χ3n) is 12.2. The fourth-order valence-corrected chi connectivity index (χ4v) is 10.7. The maximum Gasteiger partial charge on any atom is 0.357 e. The molecule has 0 unspecified atom stereocenters. The highest BCUT2D eigenvalue weighted by Crippen LogP contribution is 2.57. The molecule has 1 aliphatic heterocycles. The number of likely N-dealkylation sites (tertiary alicyclic amines) is 1. The third-order valence-corrected chi connectivity index (χ3v) is 14.9. The van der Waals surface area contributed by atoms with Crippen molar-refractivity contribution in [2.24, 2.45) is 22.7 Å². The number of thiazole rings is 1. The van der Waals surface area contributed by atoms with Gasteiger partial charge in [0.1, 0.15) is 23.0 Å². The van der Waals surface area contributed by atoms with Gasteiger partial charge in [-0.25, -0.2) is 23.2 Å². The number of fused-ring (bicyclic) bond motifs is 3. The van der Waals surface area contributed by atoms with Crippen LogP contribution in [0.1, 0.15) is 89.1 Å². The van der Waals surface area contributed by atoms with E-state index < -0.39 is 67.7 Å². The lowest BCUT2D eigenvalue weighted by Crippen LogP contribution is -2.48. The number of Topliss-reactive ketones (excluding diaryl/α,β-unsaturated/α-hetero) is 1. The van der Waals surface area contributed by atoms with Crippen molar-refractivity contribution in [3.05, 3.63) is 77.3 Å². The van der Waals surface area contributed by atoms with Gasteiger partial charge in [-0.1, -0.05) is 39.0 Å². The number of hydrogen-bond acceptors (Lipinski definition) is 14. The van der Waals surface area contributed by atoms with Gasteiger partial charge in [0.25, 0.3) is 5.88 Å². The van der Waals surface area contributed by atoms with Crippen LogP contribution in [0.3, 0.4) is 0 Å². The van der Waals surface area contributed by atoms with Crippen LogP contribution < -0.4 is 14.2 Å². The molecule has 338 valence electrons. The molecule has 2 aromatic carbocycles. The summed E-state index contributed by atoms with van der Waals surface area (Å²) in [6, 6.07) is 13.8. The lowest BCUT2D eigenvalue weighted by molar-refractivity contribution is -0.144. The molecular formula is C47H53N5O10S2. The molecule has 0 spiro atoms. The van der Waals surface area contributed by atoms with E-state index in [1.165, 1.54) is 16.2 Å². The Labute approximate surface area is 376 Å². The molecule has 4 heterocycles. The first kappa shape index (κ1) is 44.9. The number of amides is 2. The van der Waals surface area contributed by atoms with Crippen LogP contribution in [-0.2, 0) is 35.6 Å². The van der Waals surface area contributed by atoms with E-state index in [0.717, 1.165) is 5.39 Å². The Morgan fingerprint density at radius 3 is 2.45 bits per heavy atom. The molecule has 15 nitrogen and oxygen atoms in total. The zero-order valence-corrected chi connectivity index (χ0v) is 38.4. The Morgan fingerprint density at radius 1 is 1.06 bits per heavy atom. The molecule has 5 aromatic rings. The van der Waals surface area contributed by atoms with E-state index in [0.29, 0.717) is 51.7 Å². The summed E-state index contributed by atoms with van der Waals surface area (Å²) in [5.74, 6) is -2.00. The second-order valence-corrected chi connectivity index (χ2v) is 21.2. The monoisotopic (exact) mass is 911 g/mol.